The molecule has 0 fully saturated rings. The SMILES string of the molecule is [Ca+2].[Cl-].[N-]=C=S. The molecule has 0 atom stereocenters. The molecule has 0 radical (unpaired) electrons. The minimum Gasteiger partial charge on any atom is -1.00 e. The van der Waals surface area contributed by atoms with E-state index in [-0.39, 0.29) is 50.1 Å². The van der Waals surface area contributed by atoms with Crippen molar-refractivity contribution in [3.05, 3.63) is 5.41 Å². The number of nitrogens with zero attached hydrogens (tertiary/aromatic N) is 1. The van der Waals surface area contributed by atoms with E-state index in [0.717, 1.165) is 0 Å². The zero-order chi connectivity index (χ0) is 2.71. The summed E-state index contributed by atoms with van der Waals surface area (Å²) in [5, 5.41) is 8.47. The Kier molecular flexibility index (Phi) is 59.4. The van der Waals surface area contributed by atoms with E-state index in [1.807, 2.05) is 0 Å². The Morgan fingerprint density at radius 2 is 1.60 bits per heavy atom. The number of halogens is 1. The van der Waals surface area contributed by atoms with E-state index in [1.165, 1.54) is 5.16 Å². The van der Waals surface area contributed by atoms with Crippen molar-refractivity contribution >= 4 is 55.1 Å². The van der Waals surface area contributed by atoms with Gasteiger partial charge < -0.3 is 17.8 Å². The van der Waals surface area contributed by atoms with Crippen molar-refractivity contribution in [1.29, 1.82) is 0 Å². The molecule has 0 saturated carbocycles. The maximum absolute atomic E-state index is 7.13. The molecule has 4 heteroatoms. The summed E-state index contributed by atoms with van der Waals surface area (Å²) in [5.41, 5.74) is 0. The van der Waals surface area contributed by atoms with E-state index < -0.39 is 0 Å². The summed E-state index contributed by atoms with van der Waals surface area (Å²) in [6.07, 6.45) is 0. The first kappa shape index (κ1) is 16.2. The second-order valence-corrected chi connectivity index (χ2v) is 0.274. The van der Waals surface area contributed by atoms with Crippen LogP contribution in [-0.4, -0.2) is 42.9 Å². The van der Waals surface area contributed by atoms with Gasteiger partial charge in [0.2, 0.25) is 0 Å². The molecule has 0 saturated heterocycles. The number of hydrogen-bond acceptors (Lipinski definition) is 1. The van der Waals surface area contributed by atoms with Crippen molar-refractivity contribution in [2.24, 2.45) is 0 Å². The van der Waals surface area contributed by atoms with Gasteiger partial charge in [-0.25, -0.2) is 0 Å². The summed E-state index contributed by atoms with van der Waals surface area (Å²) < 4.78 is 0. The number of thiocarbonyl (C=S) groups is 1. The van der Waals surface area contributed by atoms with Crippen LogP contribution in [0, 0.1) is 0 Å². The standard InChI is InChI=1S/CNS.Ca.ClH/c2-1-3;;/h;;1H/q-1;+2;/p-1. The van der Waals surface area contributed by atoms with E-state index in [4.69, 9.17) is 5.41 Å². The monoisotopic (exact) mass is 133 g/mol. The van der Waals surface area contributed by atoms with E-state index in [2.05, 4.69) is 12.2 Å². The van der Waals surface area contributed by atoms with Crippen molar-refractivity contribution in [2.75, 3.05) is 0 Å². The van der Waals surface area contributed by atoms with Crippen molar-refractivity contribution in [3.8, 4) is 0 Å². The van der Waals surface area contributed by atoms with Gasteiger partial charge in [0.05, 0.1) is 0 Å². The predicted molar refractivity (Wildman–Crippen MR) is 21.7 cm³/mol. The fraction of sp³-hybridized carbons (Fsp3) is 0. The van der Waals surface area contributed by atoms with Gasteiger partial charge in [0, 0.05) is 0 Å². The van der Waals surface area contributed by atoms with Crippen LogP contribution in [0.15, 0.2) is 0 Å². The van der Waals surface area contributed by atoms with Crippen LogP contribution in [0.25, 0.3) is 5.41 Å². The summed E-state index contributed by atoms with van der Waals surface area (Å²) in [6.45, 7) is 0. The Hall–Kier alpha value is 1.35. The van der Waals surface area contributed by atoms with Crippen molar-refractivity contribution < 1.29 is 12.4 Å². The van der Waals surface area contributed by atoms with Crippen LogP contribution >= 0.6 is 12.2 Å². The summed E-state index contributed by atoms with van der Waals surface area (Å²) >= 11 is 3.70. The maximum Gasteiger partial charge on any atom is 2.00 e. The second-order valence-electron chi connectivity index (χ2n) is 0.0913. The first-order valence-corrected chi connectivity index (χ1v) is 0.836. The molecular formula is CCaClNS. The summed E-state index contributed by atoms with van der Waals surface area (Å²) in [6, 6.07) is 0. The molecule has 0 aromatic carbocycles. The van der Waals surface area contributed by atoms with Gasteiger partial charge in [0.25, 0.3) is 0 Å². The van der Waals surface area contributed by atoms with Gasteiger partial charge in [-0.1, -0.05) is 12.2 Å². The molecule has 0 amide bonds. The molecule has 0 heterocycles. The smallest absolute Gasteiger partial charge is 1.00 e. The van der Waals surface area contributed by atoms with Gasteiger partial charge in [-0.2, -0.15) is 5.16 Å². The summed E-state index contributed by atoms with van der Waals surface area (Å²) in [5.74, 6) is 0. The van der Waals surface area contributed by atoms with Crippen LogP contribution < -0.4 is 12.4 Å². The molecule has 0 aromatic heterocycles. The zero-order valence-electron chi connectivity index (χ0n) is 2.44. The van der Waals surface area contributed by atoms with E-state index >= 15 is 0 Å². The molecule has 0 aliphatic heterocycles. The molecule has 0 unspecified atom stereocenters. The first-order chi connectivity index (χ1) is 1.41. The molecular weight excluding hydrogens is 134 g/mol. The summed E-state index contributed by atoms with van der Waals surface area (Å²) in [7, 11) is 0. The van der Waals surface area contributed by atoms with Crippen LogP contribution in [0.4, 0.5) is 0 Å². The van der Waals surface area contributed by atoms with Gasteiger partial charge in [-0.3, -0.25) is 0 Å². The second kappa shape index (κ2) is 18.3. The molecule has 0 aromatic rings. The predicted octanol–water partition coefficient (Wildman–Crippen LogP) is -2.72. The maximum atomic E-state index is 7.13. The third-order valence-corrected chi connectivity index (χ3v) is 0. The fourth-order valence-corrected chi connectivity index (χ4v) is 0. The molecule has 5 heavy (non-hydrogen) atoms. The average molecular weight is 134 g/mol. The van der Waals surface area contributed by atoms with Crippen molar-refractivity contribution in [2.45, 2.75) is 0 Å². The third kappa shape index (κ3) is 32.9. The summed E-state index contributed by atoms with van der Waals surface area (Å²) in [4.78, 5) is 0. The van der Waals surface area contributed by atoms with E-state index in [1.54, 1.807) is 0 Å². The largest absolute Gasteiger partial charge is 2.00 e. The van der Waals surface area contributed by atoms with Crippen molar-refractivity contribution in [3.63, 3.8) is 0 Å². The van der Waals surface area contributed by atoms with Crippen LogP contribution in [0.1, 0.15) is 0 Å². The quantitative estimate of drug-likeness (QED) is 0.200. The van der Waals surface area contributed by atoms with Gasteiger partial charge in [-0.15, -0.1) is 0 Å². The van der Waals surface area contributed by atoms with Crippen LogP contribution in [0.5, 0.6) is 0 Å². The zero-order valence-corrected chi connectivity index (χ0v) is 6.22. The molecule has 24 valence electrons. The molecule has 0 rings (SSSR count). The molecule has 0 spiro atoms. The normalized spacial score (nSPS) is 1.60. The Morgan fingerprint density at radius 1 is 1.60 bits per heavy atom. The number of hydrogen-bond donors (Lipinski definition) is 0. The van der Waals surface area contributed by atoms with Gasteiger partial charge in [-0.05, 0) is 0 Å². The number of isothiocyanates is 1. The Balaban J connectivity index is -0.0000000200. The number of rotatable bonds is 0. The fourth-order valence-electron chi connectivity index (χ4n) is 0. The molecule has 1 nitrogen and oxygen atoms in total. The Bertz CT molecular complexity index is 32.6. The van der Waals surface area contributed by atoms with Gasteiger partial charge in [0.1, 0.15) is 0 Å². The topological polar surface area (TPSA) is 22.3 Å². The molecule has 0 aliphatic carbocycles. The van der Waals surface area contributed by atoms with E-state index in [9.17, 15) is 0 Å². The average Bonchev–Trinajstić information content (AvgIpc) is 0.918. The minimum absolute atomic E-state index is 0. The molecule has 0 N–H and O–H groups in total. The van der Waals surface area contributed by atoms with Gasteiger partial charge >= 0.3 is 37.7 Å². The minimum atomic E-state index is 0. The molecule has 0 bridgehead atoms. The van der Waals surface area contributed by atoms with Crippen molar-refractivity contribution in [1.82, 2.24) is 0 Å². The van der Waals surface area contributed by atoms with Crippen LogP contribution in [0.2, 0.25) is 0 Å². The van der Waals surface area contributed by atoms with Crippen LogP contribution in [0.3, 0.4) is 0 Å². The molecule has 0 aliphatic rings. The van der Waals surface area contributed by atoms with Crippen LogP contribution in [-0.2, 0) is 0 Å². The third-order valence-electron chi connectivity index (χ3n) is 0. The Labute approximate surface area is 72.1 Å². The Morgan fingerprint density at radius 3 is 1.60 bits per heavy atom. The van der Waals surface area contributed by atoms with E-state index in [0.29, 0.717) is 0 Å². The first-order valence-electron chi connectivity index (χ1n) is 0.428. The van der Waals surface area contributed by atoms with Gasteiger partial charge in [0.15, 0.2) is 0 Å².